The minimum atomic E-state index is -3.14. The SMILES string of the molecule is CCCc1cc(OC)c2c(c1)OC(C)(C(O)(O)O)C1CCC(C(O)(O)O)=CC21. The number of ether oxygens (including phenoxy) is 2. The Bertz CT molecular complexity index is 774. The molecule has 0 spiro atoms. The summed E-state index contributed by atoms with van der Waals surface area (Å²) >= 11 is 0. The molecule has 0 radical (unpaired) electrons. The van der Waals surface area contributed by atoms with Crippen LogP contribution < -0.4 is 9.47 Å². The van der Waals surface area contributed by atoms with E-state index in [1.807, 2.05) is 13.0 Å². The van der Waals surface area contributed by atoms with E-state index in [0.29, 0.717) is 17.1 Å². The van der Waals surface area contributed by atoms with Crippen molar-refractivity contribution in [2.45, 2.75) is 63.0 Å². The summed E-state index contributed by atoms with van der Waals surface area (Å²) in [6.45, 7) is 3.42. The minimum absolute atomic E-state index is 0.0111. The first kappa shape index (κ1) is 21.0. The topological polar surface area (TPSA) is 140 Å². The largest absolute Gasteiger partial charge is 0.496 e. The zero-order chi connectivity index (χ0) is 20.9. The fourth-order valence-electron chi connectivity index (χ4n) is 4.38. The van der Waals surface area contributed by atoms with Gasteiger partial charge in [0.15, 0.2) is 5.60 Å². The molecule has 0 saturated heterocycles. The summed E-state index contributed by atoms with van der Waals surface area (Å²) in [4.78, 5) is 0. The average molecular weight is 396 g/mol. The van der Waals surface area contributed by atoms with E-state index >= 15 is 0 Å². The molecule has 6 N–H and O–H groups in total. The van der Waals surface area contributed by atoms with Gasteiger partial charge in [0.1, 0.15) is 11.5 Å². The number of aliphatic hydroxyl groups is 6. The van der Waals surface area contributed by atoms with Crippen molar-refractivity contribution in [2.24, 2.45) is 5.92 Å². The Balaban J connectivity index is 2.24. The van der Waals surface area contributed by atoms with E-state index in [4.69, 9.17) is 9.47 Å². The van der Waals surface area contributed by atoms with Gasteiger partial charge >= 0.3 is 5.97 Å². The molecule has 0 fully saturated rings. The van der Waals surface area contributed by atoms with Gasteiger partial charge in [0.2, 0.25) is 0 Å². The lowest BCUT2D eigenvalue weighted by Gasteiger charge is -2.51. The normalized spacial score (nSPS) is 27.4. The highest BCUT2D eigenvalue weighted by molar-refractivity contribution is 5.55. The molecule has 0 amide bonds. The highest BCUT2D eigenvalue weighted by Crippen LogP contribution is 2.56. The van der Waals surface area contributed by atoms with Crippen molar-refractivity contribution in [3.63, 3.8) is 0 Å². The van der Waals surface area contributed by atoms with Crippen molar-refractivity contribution in [1.29, 1.82) is 0 Å². The van der Waals surface area contributed by atoms with E-state index < -0.39 is 29.4 Å². The molecule has 3 atom stereocenters. The van der Waals surface area contributed by atoms with E-state index in [1.54, 1.807) is 6.07 Å². The summed E-state index contributed by atoms with van der Waals surface area (Å²) < 4.78 is 11.5. The first-order valence-corrected chi connectivity index (χ1v) is 9.37. The molecule has 8 nitrogen and oxygen atoms in total. The molecule has 3 unspecified atom stereocenters. The second-order valence-electron chi connectivity index (χ2n) is 7.80. The number of rotatable bonds is 5. The molecule has 1 aliphatic heterocycles. The third-order valence-corrected chi connectivity index (χ3v) is 5.92. The number of benzene rings is 1. The Labute approximate surface area is 163 Å². The zero-order valence-corrected chi connectivity index (χ0v) is 16.2. The van der Waals surface area contributed by atoms with Crippen LogP contribution in [0.15, 0.2) is 23.8 Å². The molecule has 0 saturated carbocycles. The number of allylic oxidation sites excluding steroid dienone is 1. The van der Waals surface area contributed by atoms with Crippen LogP contribution in [0.25, 0.3) is 0 Å². The predicted molar refractivity (Wildman–Crippen MR) is 98.3 cm³/mol. The van der Waals surface area contributed by atoms with Gasteiger partial charge in [-0.3, -0.25) is 0 Å². The molecule has 1 heterocycles. The lowest BCUT2D eigenvalue weighted by molar-refractivity contribution is -0.394. The quantitative estimate of drug-likeness (QED) is 0.312. The van der Waals surface area contributed by atoms with Gasteiger partial charge in [-0.25, -0.2) is 0 Å². The third-order valence-electron chi connectivity index (χ3n) is 5.92. The van der Waals surface area contributed by atoms with Gasteiger partial charge in [-0.1, -0.05) is 19.4 Å². The van der Waals surface area contributed by atoms with Crippen LogP contribution in [0.3, 0.4) is 0 Å². The second kappa shape index (κ2) is 6.98. The van der Waals surface area contributed by atoms with Crippen LogP contribution in [0.4, 0.5) is 0 Å². The summed E-state index contributed by atoms with van der Waals surface area (Å²) in [5, 5.41) is 59.2. The molecule has 1 aromatic carbocycles. The molecule has 3 rings (SSSR count). The molecular formula is C20H28O8. The molecule has 28 heavy (non-hydrogen) atoms. The van der Waals surface area contributed by atoms with E-state index in [-0.39, 0.29) is 18.4 Å². The Kier molecular flexibility index (Phi) is 5.24. The average Bonchev–Trinajstić information content (AvgIpc) is 2.59. The predicted octanol–water partition coefficient (Wildman–Crippen LogP) is 0.480. The molecule has 8 heteroatoms. The van der Waals surface area contributed by atoms with Crippen molar-refractivity contribution >= 4 is 0 Å². The maximum absolute atomic E-state index is 10.1. The van der Waals surface area contributed by atoms with Crippen LogP contribution >= 0.6 is 0 Å². The Morgan fingerprint density at radius 1 is 1.18 bits per heavy atom. The van der Waals surface area contributed by atoms with Crippen LogP contribution in [0.1, 0.15) is 50.2 Å². The molecule has 0 aromatic heterocycles. The summed E-state index contributed by atoms with van der Waals surface area (Å²) in [5.74, 6) is -6.54. The van der Waals surface area contributed by atoms with Crippen molar-refractivity contribution in [1.82, 2.24) is 0 Å². The van der Waals surface area contributed by atoms with Crippen molar-refractivity contribution in [3.8, 4) is 11.5 Å². The van der Waals surface area contributed by atoms with Gasteiger partial charge in [-0.2, -0.15) is 0 Å². The van der Waals surface area contributed by atoms with Crippen molar-refractivity contribution < 1.29 is 40.1 Å². The Hall–Kier alpha value is -1.68. The van der Waals surface area contributed by atoms with E-state index in [0.717, 1.165) is 18.4 Å². The van der Waals surface area contributed by atoms with Crippen molar-refractivity contribution in [3.05, 3.63) is 34.9 Å². The van der Waals surface area contributed by atoms with E-state index in [9.17, 15) is 30.6 Å². The molecular weight excluding hydrogens is 368 g/mol. The fourth-order valence-corrected chi connectivity index (χ4v) is 4.38. The highest BCUT2D eigenvalue weighted by atomic mass is 16.7. The number of hydrogen-bond acceptors (Lipinski definition) is 8. The maximum atomic E-state index is 10.1. The van der Waals surface area contributed by atoms with Crippen LogP contribution in [0.5, 0.6) is 11.5 Å². The van der Waals surface area contributed by atoms with Gasteiger partial charge in [0.05, 0.1) is 7.11 Å². The van der Waals surface area contributed by atoms with E-state index in [1.165, 1.54) is 20.1 Å². The monoisotopic (exact) mass is 396 g/mol. The van der Waals surface area contributed by atoms with Gasteiger partial charge in [-0.05, 0) is 43.9 Å². The smallest absolute Gasteiger partial charge is 0.317 e. The first-order chi connectivity index (χ1) is 12.9. The zero-order valence-electron chi connectivity index (χ0n) is 16.2. The van der Waals surface area contributed by atoms with Gasteiger partial charge in [-0.15, -0.1) is 0 Å². The number of aryl methyl sites for hydroxylation is 1. The summed E-state index contributed by atoms with van der Waals surface area (Å²) in [5.41, 5.74) is -0.288. The fraction of sp³-hybridized carbons (Fsp3) is 0.600. The maximum Gasteiger partial charge on any atom is 0.317 e. The summed E-state index contributed by atoms with van der Waals surface area (Å²) in [6.07, 6.45) is 3.38. The molecule has 156 valence electrons. The molecule has 1 aromatic rings. The number of methoxy groups -OCH3 is 1. The summed E-state index contributed by atoms with van der Waals surface area (Å²) in [6, 6.07) is 3.62. The van der Waals surface area contributed by atoms with Crippen LogP contribution in [0, 0.1) is 5.92 Å². The number of fused-ring (bicyclic) bond motifs is 3. The summed E-state index contributed by atoms with van der Waals surface area (Å²) in [7, 11) is 1.50. The van der Waals surface area contributed by atoms with Gasteiger partial charge < -0.3 is 40.1 Å². The Morgan fingerprint density at radius 2 is 1.86 bits per heavy atom. The van der Waals surface area contributed by atoms with Crippen LogP contribution in [0.2, 0.25) is 0 Å². The van der Waals surface area contributed by atoms with Crippen LogP contribution in [-0.2, 0) is 6.42 Å². The second-order valence-corrected chi connectivity index (χ2v) is 7.80. The van der Waals surface area contributed by atoms with Gasteiger partial charge in [0.25, 0.3) is 5.97 Å². The van der Waals surface area contributed by atoms with Crippen molar-refractivity contribution in [2.75, 3.05) is 7.11 Å². The lowest BCUT2D eigenvalue weighted by Crippen LogP contribution is -2.63. The lowest BCUT2D eigenvalue weighted by atomic mass is 9.66. The molecule has 0 bridgehead atoms. The standard InChI is InChI=1S/C20H28O8/c1-4-5-11-8-15(27-3)17-13-10-12(19(21,22)23)6-7-14(13)18(2,20(24,25)26)28-16(17)9-11/h8-10,13-14,21-26H,4-7H2,1-3H3. The minimum Gasteiger partial charge on any atom is -0.496 e. The molecule has 2 aliphatic rings. The third kappa shape index (κ3) is 3.41. The Morgan fingerprint density at radius 3 is 2.39 bits per heavy atom. The number of hydrogen-bond donors (Lipinski definition) is 6. The van der Waals surface area contributed by atoms with E-state index in [2.05, 4.69) is 0 Å². The highest BCUT2D eigenvalue weighted by Gasteiger charge is 2.59. The first-order valence-electron chi connectivity index (χ1n) is 9.37. The molecule has 1 aliphatic carbocycles. The van der Waals surface area contributed by atoms with Gasteiger partial charge in [0, 0.05) is 23.0 Å². The van der Waals surface area contributed by atoms with Crippen LogP contribution in [-0.4, -0.2) is 55.3 Å².